The summed E-state index contributed by atoms with van der Waals surface area (Å²) in [5.74, 6) is -0.855. The Morgan fingerprint density at radius 2 is 1.97 bits per heavy atom. The van der Waals surface area contributed by atoms with Crippen LogP contribution >= 0.6 is 11.6 Å². The predicted octanol–water partition coefficient (Wildman–Crippen LogP) is 2.85. The number of rotatable bonds is 6. The molecule has 2 bridgehead atoms. The van der Waals surface area contributed by atoms with Crippen LogP contribution in [0.5, 0.6) is 0 Å². The Bertz CT molecular complexity index is 1090. The summed E-state index contributed by atoms with van der Waals surface area (Å²) in [6.07, 6.45) is 6.03. The maximum atomic E-state index is 14.5. The Morgan fingerprint density at radius 1 is 1.21 bits per heavy atom. The van der Waals surface area contributed by atoms with Gasteiger partial charge in [-0.25, -0.2) is 9.37 Å². The van der Waals surface area contributed by atoms with Crippen LogP contribution in [0, 0.1) is 23.6 Å². The number of carbonyl (C=O) groups excluding carboxylic acids is 1. The molecule has 1 saturated carbocycles. The number of anilines is 4. The lowest BCUT2D eigenvalue weighted by Crippen LogP contribution is -2.44. The fourth-order valence-corrected chi connectivity index (χ4v) is 5.41. The van der Waals surface area contributed by atoms with Crippen molar-refractivity contribution in [3.8, 4) is 0 Å². The van der Waals surface area contributed by atoms with Crippen molar-refractivity contribution in [2.24, 2.45) is 23.5 Å². The summed E-state index contributed by atoms with van der Waals surface area (Å²) in [6, 6.07) is 5.41. The summed E-state index contributed by atoms with van der Waals surface area (Å²) in [7, 11) is 2.11. The summed E-state index contributed by atoms with van der Waals surface area (Å²) in [5, 5.41) is 6.83. The van der Waals surface area contributed by atoms with Crippen molar-refractivity contribution in [2.45, 2.75) is 12.5 Å². The number of nitrogens with zero attached hydrogens (tertiary/aromatic N) is 4. The van der Waals surface area contributed by atoms with E-state index in [2.05, 4.69) is 43.5 Å². The molecule has 1 aromatic carbocycles. The van der Waals surface area contributed by atoms with Gasteiger partial charge in [-0.05, 0) is 43.5 Å². The minimum absolute atomic E-state index is 0.0462. The second-order valence-electron chi connectivity index (χ2n) is 9.02. The number of aromatic nitrogens is 2. The van der Waals surface area contributed by atoms with Gasteiger partial charge in [0.25, 0.3) is 0 Å². The molecule has 1 aliphatic heterocycles. The van der Waals surface area contributed by atoms with Gasteiger partial charge < -0.3 is 26.2 Å². The first-order chi connectivity index (χ1) is 15.9. The van der Waals surface area contributed by atoms with Gasteiger partial charge in [0.05, 0.1) is 22.8 Å². The highest BCUT2D eigenvalue weighted by atomic mass is 35.5. The highest BCUT2D eigenvalue weighted by molar-refractivity contribution is 6.33. The van der Waals surface area contributed by atoms with Crippen LogP contribution in [0.2, 0.25) is 5.02 Å². The molecule has 2 heterocycles. The molecule has 33 heavy (non-hydrogen) atoms. The highest BCUT2D eigenvalue weighted by Crippen LogP contribution is 2.45. The van der Waals surface area contributed by atoms with Crippen molar-refractivity contribution in [3.63, 3.8) is 0 Å². The highest BCUT2D eigenvalue weighted by Gasteiger charge is 2.47. The van der Waals surface area contributed by atoms with E-state index in [-0.39, 0.29) is 41.5 Å². The number of likely N-dealkylation sites (N-methyl/N-ethyl adjacent to an activating group) is 1. The fourth-order valence-electron chi connectivity index (χ4n) is 5.11. The van der Waals surface area contributed by atoms with Gasteiger partial charge in [0.15, 0.2) is 11.6 Å². The van der Waals surface area contributed by atoms with Gasteiger partial charge in [-0.15, -0.1) is 0 Å². The van der Waals surface area contributed by atoms with Crippen molar-refractivity contribution >= 4 is 40.6 Å². The molecule has 3 aliphatic rings. The van der Waals surface area contributed by atoms with Crippen molar-refractivity contribution in [1.29, 1.82) is 0 Å². The van der Waals surface area contributed by atoms with Crippen molar-refractivity contribution in [2.75, 3.05) is 48.8 Å². The number of benzene rings is 1. The van der Waals surface area contributed by atoms with Gasteiger partial charge in [0, 0.05) is 37.9 Å². The number of nitrogens with one attached hydrogen (secondary N) is 2. The average molecular weight is 472 g/mol. The van der Waals surface area contributed by atoms with Crippen molar-refractivity contribution < 1.29 is 9.18 Å². The van der Waals surface area contributed by atoms with Gasteiger partial charge in [-0.1, -0.05) is 23.8 Å². The molecule has 8 nitrogen and oxygen atoms in total. The van der Waals surface area contributed by atoms with Crippen LogP contribution in [0.3, 0.4) is 0 Å². The lowest BCUT2D eigenvalue weighted by molar-refractivity contribution is -0.122. The van der Waals surface area contributed by atoms with Crippen LogP contribution in [0.4, 0.5) is 27.5 Å². The van der Waals surface area contributed by atoms with Gasteiger partial charge in [0.1, 0.15) is 0 Å². The molecule has 174 valence electrons. The quantitative estimate of drug-likeness (QED) is 0.557. The summed E-state index contributed by atoms with van der Waals surface area (Å²) in [6.45, 7) is 3.82. The molecule has 10 heteroatoms. The minimum Gasteiger partial charge on any atom is -0.369 e. The molecule has 5 rings (SSSR count). The number of hydrogen-bond donors (Lipinski definition) is 3. The summed E-state index contributed by atoms with van der Waals surface area (Å²) in [5.41, 5.74) is 7.30. The lowest BCUT2D eigenvalue weighted by Gasteiger charge is -2.34. The first kappa shape index (κ1) is 21.9. The van der Waals surface area contributed by atoms with Gasteiger partial charge in [0.2, 0.25) is 11.9 Å². The minimum atomic E-state index is -0.584. The van der Waals surface area contributed by atoms with E-state index in [9.17, 15) is 9.18 Å². The van der Waals surface area contributed by atoms with Crippen LogP contribution in [0.15, 0.2) is 36.5 Å². The monoisotopic (exact) mass is 471 g/mol. The van der Waals surface area contributed by atoms with Crippen LogP contribution in [0.1, 0.15) is 6.42 Å². The zero-order valence-corrected chi connectivity index (χ0v) is 19.1. The second kappa shape index (κ2) is 8.79. The van der Waals surface area contributed by atoms with E-state index in [0.29, 0.717) is 10.7 Å². The number of piperazine rings is 1. The van der Waals surface area contributed by atoms with Gasteiger partial charge >= 0.3 is 0 Å². The van der Waals surface area contributed by atoms with E-state index < -0.39 is 5.82 Å². The number of primary amides is 1. The summed E-state index contributed by atoms with van der Waals surface area (Å²) < 4.78 is 14.5. The topological polar surface area (TPSA) is 99.4 Å². The third-order valence-electron chi connectivity index (χ3n) is 6.88. The molecule has 1 amide bonds. The molecule has 4 N–H and O–H groups in total. The molecule has 1 aromatic heterocycles. The standard InChI is InChI=1S/C23H27ClFN7O/c1-31-6-8-32(9-7-31)18-5-4-15(11-16(18)24)28-23-27-12-17(25)22(30-23)29-20-14-3-2-13(10-14)19(20)21(26)33/h2-5,11-14,19-20H,6-10H2,1H3,(H2,26,33)(H2,27,28,29,30). The molecule has 2 aromatic rings. The molecule has 2 fully saturated rings. The van der Waals surface area contributed by atoms with E-state index in [1.54, 1.807) is 0 Å². The maximum Gasteiger partial charge on any atom is 0.229 e. The molecule has 4 atom stereocenters. The summed E-state index contributed by atoms with van der Waals surface area (Å²) in [4.78, 5) is 24.9. The predicted molar refractivity (Wildman–Crippen MR) is 127 cm³/mol. The fraction of sp³-hybridized carbons (Fsp3) is 0.435. The van der Waals surface area contributed by atoms with Crippen LogP contribution in [0.25, 0.3) is 0 Å². The van der Waals surface area contributed by atoms with Gasteiger partial charge in [-0.2, -0.15) is 4.98 Å². The molecule has 1 saturated heterocycles. The van der Waals surface area contributed by atoms with Gasteiger partial charge in [-0.3, -0.25) is 4.79 Å². The zero-order valence-electron chi connectivity index (χ0n) is 18.3. The molecular weight excluding hydrogens is 445 g/mol. The van der Waals surface area contributed by atoms with Crippen molar-refractivity contribution in [3.05, 3.63) is 47.4 Å². The molecule has 4 unspecified atom stereocenters. The Labute approximate surface area is 197 Å². The van der Waals surface area contributed by atoms with Crippen LogP contribution in [-0.4, -0.2) is 60.0 Å². The lowest BCUT2D eigenvalue weighted by atomic mass is 9.88. The number of hydrogen-bond acceptors (Lipinski definition) is 7. The third-order valence-corrected chi connectivity index (χ3v) is 7.19. The molecular formula is C23H27ClFN7O. The van der Waals surface area contributed by atoms with Crippen LogP contribution < -0.4 is 21.3 Å². The number of allylic oxidation sites excluding steroid dienone is 1. The Kier molecular flexibility index (Phi) is 5.84. The van der Waals surface area contributed by atoms with E-state index in [1.165, 1.54) is 0 Å². The molecule has 0 spiro atoms. The first-order valence-corrected chi connectivity index (χ1v) is 11.5. The molecule has 2 aliphatic carbocycles. The zero-order chi connectivity index (χ0) is 23.1. The Morgan fingerprint density at radius 3 is 2.70 bits per heavy atom. The summed E-state index contributed by atoms with van der Waals surface area (Å²) >= 11 is 6.56. The van der Waals surface area contributed by atoms with Crippen LogP contribution in [-0.2, 0) is 4.79 Å². The van der Waals surface area contributed by atoms with Crippen molar-refractivity contribution in [1.82, 2.24) is 14.9 Å². The number of carbonyl (C=O) groups is 1. The number of nitrogens with two attached hydrogens (primary N) is 1. The maximum absolute atomic E-state index is 14.5. The normalized spacial score (nSPS) is 26.6. The first-order valence-electron chi connectivity index (χ1n) is 11.2. The molecule has 0 radical (unpaired) electrons. The van der Waals surface area contributed by atoms with E-state index in [1.807, 2.05) is 24.3 Å². The second-order valence-corrected chi connectivity index (χ2v) is 9.43. The van der Waals surface area contributed by atoms with E-state index >= 15 is 0 Å². The number of amides is 1. The largest absolute Gasteiger partial charge is 0.369 e. The Balaban J connectivity index is 1.31. The SMILES string of the molecule is CN1CCN(c2ccc(Nc3ncc(F)c(NC4C5C=CC(C5)C4C(N)=O)n3)cc2Cl)CC1. The van der Waals surface area contributed by atoms with E-state index in [4.69, 9.17) is 17.3 Å². The van der Waals surface area contributed by atoms with E-state index in [0.717, 1.165) is 44.5 Å². The average Bonchev–Trinajstić information content (AvgIpc) is 3.39. The smallest absolute Gasteiger partial charge is 0.229 e. The Hall–Kier alpha value is -2.91. The number of halogens is 2. The number of fused-ring (bicyclic) bond motifs is 2. The third kappa shape index (κ3) is 4.35.